The smallest absolute Gasteiger partial charge is 0.0328 e. The van der Waals surface area contributed by atoms with Crippen LogP contribution in [0, 0.1) is 5.92 Å². The lowest BCUT2D eigenvalue weighted by Gasteiger charge is -2.13. The summed E-state index contributed by atoms with van der Waals surface area (Å²) in [7, 11) is 0. The van der Waals surface area contributed by atoms with Crippen LogP contribution in [0.5, 0.6) is 0 Å². The highest BCUT2D eigenvalue weighted by molar-refractivity contribution is 5.34. The lowest BCUT2D eigenvalue weighted by atomic mass is 10.1. The first-order valence-corrected chi connectivity index (χ1v) is 5.68. The minimum absolute atomic E-state index is 0.640. The Bertz CT molecular complexity index is 345. The van der Waals surface area contributed by atoms with Gasteiger partial charge in [0, 0.05) is 12.1 Å². The van der Waals surface area contributed by atoms with Crippen molar-refractivity contribution in [2.24, 2.45) is 5.92 Å². The van der Waals surface area contributed by atoms with Gasteiger partial charge in [-0.25, -0.2) is 0 Å². The Balaban J connectivity index is 1.77. The van der Waals surface area contributed by atoms with E-state index in [1.165, 1.54) is 19.3 Å². The van der Waals surface area contributed by atoms with Crippen molar-refractivity contribution in [3.8, 4) is 0 Å². The Morgan fingerprint density at radius 2 is 2.07 bits per heavy atom. The molecule has 2 aliphatic carbocycles. The van der Waals surface area contributed by atoms with E-state index in [4.69, 9.17) is 0 Å². The quantitative estimate of drug-likeness (QED) is 0.750. The van der Waals surface area contributed by atoms with Crippen molar-refractivity contribution < 1.29 is 0 Å². The third-order valence-electron chi connectivity index (χ3n) is 3.66. The maximum atomic E-state index is 3.76. The molecule has 14 heavy (non-hydrogen) atoms. The molecule has 3 rings (SSSR count). The highest BCUT2D eigenvalue weighted by atomic mass is 15.0. The van der Waals surface area contributed by atoms with Gasteiger partial charge in [-0.05, 0) is 36.3 Å². The predicted octanol–water partition coefficient (Wildman–Crippen LogP) is 2.67. The number of hydrogen-bond donors (Lipinski definition) is 1. The average Bonchev–Trinajstić information content (AvgIpc) is 2.75. The molecular weight excluding hydrogens is 170 g/mol. The van der Waals surface area contributed by atoms with Crippen molar-refractivity contribution in [1.82, 2.24) is 5.32 Å². The van der Waals surface area contributed by atoms with E-state index in [2.05, 4.69) is 36.5 Å². The van der Waals surface area contributed by atoms with Crippen LogP contribution in [-0.2, 0) is 6.42 Å². The van der Waals surface area contributed by atoms with Crippen LogP contribution in [0.15, 0.2) is 24.3 Å². The SMILES string of the molecule is CC1CC1NC1CCc2ccccc21. The van der Waals surface area contributed by atoms with Crippen LogP contribution in [-0.4, -0.2) is 6.04 Å². The zero-order chi connectivity index (χ0) is 9.54. The minimum atomic E-state index is 0.640. The Morgan fingerprint density at radius 1 is 1.29 bits per heavy atom. The highest BCUT2D eigenvalue weighted by Gasteiger charge is 2.35. The number of benzene rings is 1. The summed E-state index contributed by atoms with van der Waals surface area (Å²) in [4.78, 5) is 0. The van der Waals surface area contributed by atoms with Gasteiger partial charge < -0.3 is 5.32 Å². The molecule has 1 heteroatoms. The van der Waals surface area contributed by atoms with Gasteiger partial charge in [0.1, 0.15) is 0 Å². The van der Waals surface area contributed by atoms with E-state index in [1.807, 2.05) is 0 Å². The minimum Gasteiger partial charge on any atom is -0.307 e. The fraction of sp³-hybridized carbons (Fsp3) is 0.538. The van der Waals surface area contributed by atoms with Gasteiger partial charge in [-0.1, -0.05) is 31.2 Å². The zero-order valence-corrected chi connectivity index (χ0v) is 8.66. The molecule has 0 saturated heterocycles. The number of hydrogen-bond acceptors (Lipinski definition) is 1. The molecule has 0 heterocycles. The topological polar surface area (TPSA) is 12.0 Å². The van der Waals surface area contributed by atoms with Gasteiger partial charge in [0.25, 0.3) is 0 Å². The van der Waals surface area contributed by atoms with E-state index in [1.54, 1.807) is 11.1 Å². The summed E-state index contributed by atoms with van der Waals surface area (Å²) in [6, 6.07) is 10.3. The molecule has 0 aromatic heterocycles. The summed E-state index contributed by atoms with van der Waals surface area (Å²) in [6.07, 6.45) is 3.93. The Kier molecular flexibility index (Phi) is 1.88. The first-order chi connectivity index (χ1) is 6.84. The maximum Gasteiger partial charge on any atom is 0.0328 e. The third-order valence-corrected chi connectivity index (χ3v) is 3.66. The number of fused-ring (bicyclic) bond motifs is 1. The van der Waals surface area contributed by atoms with Gasteiger partial charge in [0.2, 0.25) is 0 Å². The van der Waals surface area contributed by atoms with Crippen molar-refractivity contribution in [1.29, 1.82) is 0 Å². The Hall–Kier alpha value is -0.820. The van der Waals surface area contributed by atoms with E-state index in [-0.39, 0.29) is 0 Å². The van der Waals surface area contributed by atoms with Gasteiger partial charge in [-0.15, -0.1) is 0 Å². The van der Waals surface area contributed by atoms with E-state index in [0.29, 0.717) is 6.04 Å². The normalized spacial score (nSPS) is 34.2. The van der Waals surface area contributed by atoms with Crippen LogP contribution in [0.1, 0.15) is 36.9 Å². The fourth-order valence-corrected chi connectivity index (χ4v) is 2.54. The second-order valence-electron chi connectivity index (χ2n) is 4.78. The molecule has 74 valence electrons. The van der Waals surface area contributed by atoms with Crippen molar-refractivity contribution in [2.45, 2.75) is 38.3 Å². The zero-order valence-electron chi connectivity index (χ0n) is 8.66. The molecule has 1 N–H and O–H groups in total. The molecule has 0 bridgehead atoms. The number of rotatable bonds is 2. The van der Waals surface area contributed by atoms with E-state index in [9.17, 15) is 0 Å². The van der Waals surface area contributed by atoms with Gasteiger partial charge in [-0.2, -0.15) is 0 Å². The van der Waals surface area contributed by atoms with Crippen LogP contribution in [0.2, 0.25) is 0 Å². The first-order valence-electron chi connectivity index (χ1n) is 5.68. The second-order valence-corrected chi connectivity index (χ2v) is 4.78. The first kappa shape index (κ1) is 8.49. The molecule has 0 radical (unpaired) electrons. The molecule has 1 saturated carbocycles. The van der Waals surface area contributed by atoms with E-state index >= 15 is 0 Å². The van der Waals surface area contributed by atoms with Crippen molar-refractivity contribution in [3.63, 3.8) is 0 Å². The predicted molar refractivity (Wildman–Crippen MR) is 58.2 cm³/mol. The molecule has 0 spiro atoms. The second kappa shape index (κ2) is 3.09. The van der Waals surface area contributed by atoms with E-state index < -0.39 is 0 Å². The maximum absolute atomic E-state index is 3.76. The standard InChI is InChI=1S/C13H17N/c1-9-8-13(9)14-12-7-6-10-4-2-3-5-11(10)12/h2-5,9,12-14H,6-8H2,1H3. The summed E-state index contributed by atoms with van der Waals surface area (Å²) in [5.74, 6) is 0.905. The molecule has 1 fully saturated rings. The summed E-state index contributed by atoms with van der Waals surface area (Å²) in [5, 5.41) is 3.76. The van der Waals surface area contributed by atoms with Crippen LogP contribution >= 0.6 is 0 Å². The lowest BCUT2D eigenvalue weighted by Crippen LogP contribution is -2.22. The van der Waals surface area contributed by atoms with Crippen LogP contribution in [0.3, 0.4) is 0 Å². The molecule has 3 atom stereocenters. The molecule has 1 nitrogen and oxygen atoms in total. The number of nitrogens with one attached hydrogen (secondary N) is 1. The van der Waals surface area contributed by atoms with E-state index in [0.717, 1.165) is 12.0 Å². The molecule has 0 amide bonds. The average molecular weight is 187 g/mol. The van der Waals surface area contributed by atoms with Gasteiger partial charge in [0.05, 0.1) is 0 Å². The van der Waals surface area contributed by atoms with Gasteiger partial charge >= 0.3 is 0 Å². The molecular formula is C13H17N. The van der Waals surface area contributed by atoms with Crippen LogP contribution in [0.25, 0.3) is 0 Å². The summed E-state index contributed by atoms with van der Waals surface area (Å²) < 4.78 is 0. The van der Waals surface area contributed by atoms with Crippen LogP contribution in [0.4, 0.5) is 0 Å². The summed E-state index contributed by atoms with van der Waals surface area (Å²) in [6.45, 7) is 2.33. The molecule has 1 aromatic rings. The Labute approximate surface area is 85.5 Å². The molecule has 1 aromatic carbocycles. The Morgan fingerprint density at radius 3 is 2.86 bits per heavy atom. The summed E-state index contributed by atoms with van der Waals surface area (Å²) >= 11 is 0. The van der Waals surface area contributed by atoms with Crippen molar-refractivity contribution in [2.75, 3.05) is 0 Å². The van der Waals surface area contributed by atoms with Gasteiger partial charge in [-0.3, -0.25) is 0 Å². The fourth-order valence-electron chi connectivity index (χ4n) is 2.54. The highest BCUT2D eigenvalue weighted by Crippen LogP contribution is 2.36. The summed E-state index contributed by atoms with van der Waals surface area (Å²) in [5.41, 5.74) is 3.10. The van der Waals surface area contributed by atoms with Gasteiger partial charge in [0.15, 0.2) is 0 Å². The molecule has 2 aliphatic rings. The number of aryl methyl sites for hydroxylation is 1. The lowest BCUT2D eigenvalue weighted by molar-refractivity contribution is 0.513. The third kappa shape index (κ3) is 1.36. The monoisotopic (exact) mass is 187 g/mol. The van der Waals surface area contributed by atoms with Crippen LogP contribution < -0.4 is 5.32 Å². The van der Waals surface area contributed by atoms with Crippen molar-refractivity contribution >= 4 is 0 Å². The largest absolute Gasteiger partial charge is 0.307 e. The molecule has 3 unspecified atom stereocenters. The van der Waals surface area contributed by atoms with Crippen molar-refractivity contribution in [3.05, 3.63) is 35.4 Å². The molecule has 0 aliphatic heterocycles.